The fraction of sp³-hybridized carbons (Fsp3) is 0.667. The molecule has 0 saturated carbocycles. The number of nitrogens with zero attached hydrogens (tertiary/aromatic N) is 3. The minimum absolute atomic E-state index is 0.0728. The number of methoxy groups -OCH3 is 1. The van der Waals surface area contributed by atoms with Gasteiger partial charge < -0.3 is 9.84 Å². The van der Waals surface area contributed by atoms with E-state index in [0.717, 1.165) is 0 Å². The van der Waals surface area contributed by atoms with Crippen molar-refractivity contribution >= 4 is 16.0 Å². The number of hydrogen-bond acceptors (Lipinski definition) is 5. The molecule has 1 N–H and O–H groups in total. The molecule has 9 heteroatoms. The quantitative estimate of drug-likeness (QED) is 0.689. The van der Waals surface area contributed by atoms with Crippen LogP contribution in [0.1, 0.15) is 17.8 Å². The van der Waals surface area contributed by atoms with Gasteiger partial charge in [0.1, 0.15) is 11.4 Å². The van der Waals surface area contributed by atoms with Gasteiger partial charge >= 0.3 is 5.97 Å². The second-order valence-corrected chi connectivity index (χ2v) is 6.71. The number of sulfonamides is 1. The summed E-state index contributed by atoms with van der Waals surface area (Å²) in [4.78, 5) is 10.8. The molecule has 0 bridgehead atoms. The minimum atomic E-state index is -3.69. The van der Waals surface area contributed by atoms with E-state index in [-0.39, 0.29) is 11.4 Å². The van der Waals surface area contributed by atoms with E-state index in [9.17, 15) is 13.2 Å². The van der Waals surface area contributed by atoms with Gasteiger partial charge in [0.25, 0.3) is 0 Å². The van der Waals surface area contributed by atoms with Gasteiger partial charge in [-0.2, -0.15) is 5.10 Å². The lowest BCUT2D eigenvalue weighted by molar-refractivity contribution is -0.137. The molecule has 0 fully saturated rings. The number of aryl methyl sites for hydroxylation is 1. The van der Waals surface area contributed by atoms with Gasteiger partial charge in [-0.25, -0.2) is 12.7 Å². The van der Waals surface area contributed by atoms with Gasteiger partial charge in [-0.1, -0.05) is 0 Å². The lowest BCUT2D eigenvalue weighted by atomic mass is 10.4. The Morgan fingerprint density at radius 1 is 1.43 bits per heavy atom. The zero-order chi connectivity index (χ0) is 16.2. The van der Waals surface area contributed by atoms with Crippen molar-refractivity contribution < 1.29 is 23.1 Å². The molecule has 8 nitrogen and oxygen atoms in total. The van der Waals surface area contributed by atoms with E-state index < -0.39 is 16.0 Å². The van der Waals surface area contributed by atoms with E-state index >= 15 is 0 Å². The fourth-order valence-corrected chi connectivity index (χ4v) is 3.62. The zero-order valence-electron chi connectivity index (χ0n) is 12.7. The third kappa shape index (κ3) is 4.02. The highest BCUT2D eigenvalue weighted by Gasteiger charge is 2.28. The molecule has 1 aromatic heterocycles. The molecule has 0 aliphatic carbocycles. The average molecular weight is 319 g/mol. The maximum absolute atomic E-state index is 12.6. The molecule has 0 radical (unpaired) electrons. The maximum Gasteiger partial charge on any atom is 0.325 e. The minimum Gasteiger partial charge on any atom is -0.480 e. The van der Waals surface area contributed by atoms with Crippen LogP contribution < -0.4 is 0 Å². The summed E-state index contributed by atoms with van der Waals surface area (Å²) in [5, 5.41) is 12.8. The van der Waals surface area contributed by atoms with Crippen LogP contribution in [-0.2, 0) is 26.1 Å². The number of aromatic nitrogens is 2. The van der Waals surface area contributed by atoms with Crippen LogP contribution in [0.3, 0.4) is 0 Å². The molecule has 120 valence electrons. The molecule has 0 amide bonds. The highest BCUT2D eigenvalue weighted by atomic mass is 32.2. The molecular weight excluding hydrogens is 298 g/mol. The van der Waals surface area contributed by atoms with Gasteiger partial charge in [0.15, 0.2) is 0 Å². The first-order chi connectivity index (χ1) is 9.71. The van der Waals surface area contributed by atoms with Crippen LogP contribution in [0.2, 0.25) is 0 Å². The summed E-state index contributed by atoms with van der Waals surface area (Å²) in [6, 6.07) is 0. The molecule has 0 spiro atoms. The zero-order valence-corrected chi connectivity index (χ0v) is 13.5. The summed E-state index contributed by atoms with van der Waals surface area (Å²) >= 11 is 0. The fourth-order valence-electron chi connectivity index (χ4n) is 2.04. The molecule has 0 aromatic carbocycles. The number of carboxylic acid groups (broad SMARTS) is 1. The Kier molecular flexibility index (Phi) is 5.87. The van der Waals surface area contributed by atoms with E-state index in [1.54, 1.807) is 21.0 Å². The highest BCUT2D eigenvalue weighted by Crippen LogP contribution is 2.22. The van der Waals surface area contributed by atoms with Gasteiger partial charge in [0.05, 0.1) is 11.4 Å². The molecule has 1 heterocycles. The highest BCUT2D eigenvalue weighted by molar-refractivity contribution is 7.89. The first kappa shape index (κ1) is 17.6. The van der Waals surface area contributed by atoms with Crippen LogP contribution in [0, 0.1) is 13.8 Å². The Labute approximate surface area is 124 Å². The van der Waals surface area contributed by atoms with E-state index in [1.807, 2.05) is 0 Å². The van der Waals surface area contributed by atoms with Crippen molar-refractivity contribution in [2.24, 2.45) is 0 Å². The normalized spacial score (nSPS) is 12.0. The predicted molar refractivity (Wildman–Crippen MR) is 75.6 cm³/mol. The van der Waals surface area contributed by atoms with E-state index in [1.165, 1.54) is 16.0 Å². The summed E-state index contributed by atoms with van der Waals surface area (Å²) in [5.74, 6) is -1.07. The standard InChI is InChI=1S/C12H21N3O5S/c1-9-12(10(2)15(13-9)8-11(16)17)21(18,19)14(3)6-5-7-20-4/h5-8H2,1-4H3,(H,16,17). The van der Waals surface area contributed by atoms with Gasteiger partial charge in [-0.05, 0) is 20.3 Å². The molecule has 1 aromatic rings. The van der Waals surface area contributed by atoms with Crippen LogP contribution >= 0.6 is 0 Å². The third-order valence-corrected chi connectivity index (χ3v) is 5.20. The second kappa shape index (κ2) is 7.01. The number of aliphatic carboxylic acids is 1. The number of rotatable bonds is 8. The summed E-state index contributed by atoms with van der Waals surface area (Å²) in [7, 11) is -0.655. The lowest BCUT2D eigenvalue weighted by Gasteiger charge is -2.17. The van der Waals surface area contributed by atoms with Gasteiger partial charge in [-0.3, -0.25) is 9.48 Å². The SMILES string of the molecule is COCCCN(C)S(=O)(=O)c1c(C)nn(CC(=O)O)c1C. The average Bonchev–Trinajstić information content (AvgIpc) is 2.64. The van der Waals surface area contributed by atoms with Crippen LogP contribution in [0.4, 0.5) is 0 Å². The van der Waals surface area contributed by atoms with E-state index in [2.05, 4.69) is 5.10 Å². The predicted octanol–water partition coefficient (Wildman–Crippen LogP) is 0.242. The molecule has 0 aliphatic heterocycles. The topological polar surface area (TPSA) is 102 Å². The Morgan fingerprint density at radius 2 is 2.05 bits per heavy atom. The summed E-state index contributed by atoms with van der Waals surface area (Å²) in [5.41, 5.74) is 0.626. The Balaban J connectivity index is 3.08. The van der Waals surface area contributed by atoms with Gasteiger partial charge in [-0.15, -0.1) is 0 Å². The molecule has 0 saturated heterocycles. The van der Waals surface area contributed by atoms with Crippen molar-refractivity contribution in [2.45, 2.75) is 31.7 Å². The molecular formula is C12H21N3O5S. The Hall–Kier alpha value is -1.45. The molecule has 1 rings (SSSR count). The number of carboxylic acids is 1. The smallest absolute Gasteiger partial charge is 0.325 e. The largest absolute Gasteiger partial charge is 0.480 e. The summed E-state index contributed by atoms with van der Waals surface area (Å²) in [6.45, 7) is 3.53. The van der Waals surface area contributed by atoms with Crippen LogP contribution in [0.15, 0.2) is 4.90 Å². The van der Waals surface area contributed by atoms with Crippen LogP contribution in [-0.4, -0.2) is 60.9 Å². The van der Waals surface area contributed by atoms with Crippen molar-refractivity contribution in [3.05, 3.63) is 11.4 Å². The van der Waals surface area contributed by atoms with Crippen molar-refractivity contribution in [3.63, 3.8) is 0 Å². The van der Waals surface area contributed by atoms with Crippen LogP contribution in [0.25, 0.3) is 0 Å². The number of ether oxygens (including phenoxy) is 1. The van der Waals surface area contributed by atoms with E-state index in [4.69, 9.17) is 9.84 Å². The summed E-state index contributed by atoms with van der Waals surface area (Å²) in [6.07, 6.45) is 0.577. The number of hydrogen-bond donors (Lipinski definition) is 1. The van der Waals surface area contributed by atoms with Crippen LogP contribution in [0.5, 0.6) is 0 Å². The third-order valence-electron chi connectivity index (χ3n) is 3.09. The van der Waals surface area contributed by atoms with Crippen molar-refractivity contribution in [2.75, 3.05) is 27.3 Å². The first-order valence-corrected chi connectivity index (χ1v) is 7.87. The monoisotopic (exact) mass is 319 g/mol. The van der Waals surface area contributed by atoms with E-state index in [0.29, 0.717) is 31.0 Å². The molecule has 0 unspecified atom stereocenters. The first-order valence-electron chi connectivity index (χ1n) is 6.43. The molecule has 0 atom stereocenters. The second-order valence-electron chi connectivity index (χ2n) is 4.72. The Morgan fingerprint density at radius 3 is 2.57 bits per heavy atom. The number of carbonyl (C=O) groups is 1. The molecule has 0 aliphatic rings. The van der Waals surface area contributed by atoms with Crippen molar-refractivity contribution in [3.8, 4) is 0 Å². The molecule has 21 heavy (non-hydrogen) atoms. The van der Waals surface area contributed by atoms with Crippen molar-refractivity contribution in [1.29, 1.82) is 0 Å². The maximum atomic E-state index is 12.6. The van der Waals surface area contributed by atoms with Crippen molar-refractivity contribution in [1.82, 2.24) is 14.1 Å². The lowest BCUT2D eigenvalue weighted by Crippen LogP contribution is -2.29. The van der Waals surface area contributed by atoms with Gasteiger partial charge in [0.2, 0.25) is 10.0 Å². The van der Waals surface area contributed by atoms with Gasteiger partial charge in [0, 0.05) is 27.3 Å². The summed E-state index contributed by atoms with van der Waals surface area (Å²) < 4.78 is 32.4. The Bertz CT molecular complexity index is 609.